The second-order valence-corrected chi connectivity index (χ2v) is 10.7. The Bertz CT molecular complexity index is 1450. The van der Waals surface area contributed by atoms with E-state index in [2.05, 4.69) is 53.3 Å². The van der Waals surface area contributed by atoms with Gasteiger partial charge in [0.25, 0.3) is 6.01 Å². The number of aromatic amines is 1. The summed E-state index contributed by atoms with van der Waals surface area (Å²) in [5.41, 5.74) is 6.43. The van der Waals surface area contributed by atoms with Crippen LogP contribution in [0.3, 0.4) is 0 Å². The number of aliphatic hydroxyl groups excluding tert-OH is 1. The van der Waals surface area contributed by atoms with Gasteiger partial charge >= 0.3 is 0 Å². The number of rotatable bonds is 5. The van der Waals surface area contributed by atoms with Crippen LogP contribution in [0.1, 0.15) is 12.5 Å². The summed E-state index contributed by atoms with van der Waals surface area (Å²) in [6, 6.07) is 19.0. The topological polar surface area (TPSA) is 98.7 Å². The average molecular weight is 520 g/mol. The zero-order valence-corrected chi connectivity index (χ0v) is 20.9. The van der Waals surface area contributed by atoms with E-state index in [0.717, 1.165) is 29.9 Å². The molecule has 7 rings (SSSR count). The van der Waals surface area contributed by atoms with Crippen molar-refractivity contribution in [3.05, 3.63) is 65.2 Å². The lowest BCUT2D eigenvalue weighted by molar-refractivity contribution is -0.0500. The van der Waals surface area contributed by atoms with Crippen LogP contribution in [0.4, 0.5) is 0 Å². The van der Waals surface area contributed by atoms with Gasteiger partial charge in [-0.3, -0.25) is 0 Å². The molecule has 0 aliphatic carbocycles. The molecular formula is C28H26ClN3O5. The van der Waals surface area contributed by atoms with Gasteiger partial charge in [-0.05, 0) is 22.8 Å². The molecule has 0 radical (unpaired) electrons. The Kier molecular flexibility index (Phi) is 5.49. The Morgan fingerprint density at radius 1 is 0.946 bits per heavy atom. The van der Waals surface area contributed by atoms with Crippen molar-refractivity contribution in [2.45, 2.75) is 36.8 Å². The Hall–Kier alpha value is -3.01. The molecule has 190 valence electrons. The Balaban J connectivity index is 1.11. The molecule has 5 heterocycles. The van der Waals surface area contributed by atoms with Gasteiger partial charge in [0.05, 0.1) is 42.7 Å². The van der Waals surface area contributed by atoms with Crippen molar-refractivity contribution in [1.82, 2.24) is 15.0 Å². The van der Waals surface area contributed by atoms with E-state index in [1.807, 2.05) is 12.1 Å². The molecule has 0 spiro atoms. The number of H-pyrrole nitrogens is 1. The number of nitrogens with one attached hydrogen (secondary N) is 1. The van der Waals surface area contributed by atoms with Crippen LogP contribution in [-0.4, -0.2) is 70.9 Å². The molecule has 37 heavy (non-hydrogen) atoms. The summed E-state index contributed by atoms with van der Waals surface area (Å²) in [7, 11) is 0. The zero-order chi connectivity index (χ0) is 25.1. The van der Waals surface area contributed by atoms with E-state index in [1.165, 1.54) is 5.56 Å². The van der Waals surface area contributed by atoms with Crippen molar-refractivity contribution in [2.75, 3.05) is 26.4 Å². The first kappa shape index (κ1) is 23.1. The number of pyridine rings is 1. The van der Waals surface area contributed by atoms with Crippen LogP contribution >= 0.6 is 11.6 Å². The van der Waals surface area contributed by atoms with E-state index in [9.17, 15) is 5.11 Å². The Morgan fingerprint density at radius 2 is 1.62 bits per heavy atom. The maximum absolute atomic E-state index is 9.94. The van der Waals surface area contributed by atoms with E-state index in [0.29, 0.717) is 34.5 Å². The van der Waals surface area contributed by atoms with Crippen molar-refractivity contribution < 1.29 is 24.1 Å². The fourth-order valence-corrected chi connectivity index (χ4v) is 5.56. The second-order valence-electron chi connectivity index (χ2n) is 10.3. The van der Waals surface area contributed by atoms with Gasteiger partial charge in [-0.1, -0.05) is 67.1 Å². The number of aromatic nitrogens is 3. The molecule has 4 atom stereocenters. The van der Waals surface area contributed by atoms with Crippen LogP contribution in [0.5, 0.6) is 6.01 Å². The lowest BCUT2D eigenvalue weighted by Crippen LogP contribution is -2.43. The summed E-state index contributed by atoms with van der Waals surface area (Å²) in [5.74, 6) is 0. The predicted octanol–water partition coefficient (Wildman–Crippen LogP) is 4.14. The highest BCUT2D eigenvalue weighted by Crippen LogP contribution is 2.35. The first-order valence-corrected chi connectivity index (χ1v) is 12.8. The van der Waals surface area contributed by atoms with Crippen LogP contribution in [0.2, 0.25) is 5.02 Å². The van der Waals surface area contributed by atoms with E-state index in [1.54, 1.807) is 6.07 Å². The standard InChI is InChI=1S/C28H26ClN3O5/c1-28(13-34-14-28)18-8-6-16(7-9-18)15-2-4-17(5-3-15)23-19(29)10-20-26(31-23)32-27(30-20)37-22-12-36-24-21(33)11-35-25(22)24/h2-10,21-22,24-25,33H,11-14H2,1H3,(H,30,31,32)/t21-,22-,24-,25-/m1/s1. The first-order chi connectivity index (χ1) is 18.0. The molecule has 3 saturated heterocycles. The van der Waals surface area contributed by atoms with E-state index in [4.69, 9.17) is 35.5 Å². The zero-order valence-electron chi connectivity index (χ0n) is 20.2. The lowest BCUT2D eigenvalue weighted by atomic mass is 9.80. The monoisotopic (exact) mass is 519 g/mol. The number of benzene rings is 2. The fraction of sp³-hybridized carbons (Fsp3) is 0.357. The number of imidazole rings is 1. The van der Waals surface area contributed by atoms with E-state index >= 15 is 0 Å². The minimum absolute atomic E-state index is 0.126. The predicted molar refractivity (Wildman–Crippen MR) is 138 cm³/mol. The van der Waals surface area contributed by atoms with Crippen LogP contribution in [0, 0.1) is 0 Å². The number of nitrogens with zero attached hydrogens (tertiary/aromatic N) is 2. The first-order valence-electron chi connectivity index (χ1n) is 12.4. The molecule has 3 aliphatic heterocycles. The highest BCUT2D eigenvalue weighted by atomic mass is 35.5. The molecule has 0 bridgehead atoms. The van der Waals surface area contributed by atoms with Crippen molar-refractivity contribution in [1.29, 1.82) is 0 Å². The maximum Gasteiger partial charge on any atom is 0.296 e. The fourth-order valence-electron chi connectivity index (χ4n) is 5.30. The molecule has 0 unspecified atom stereocenters. The van der Waals surface area contributed by atoms with Gasteiger partial charge in [0, 0.05) is 11.0 Å². The van der Waals surface area contributed by atoms with Gasteiger partial charge in [0.15, 0.2) is 11.8 Å². The molecule has 2 N–H and O–H groups in total. The third-order valence-electron chi connectivity index (χ3n) is 7.56. The van der Waals surface area contributed by atoms with Crippen LogP contribution in [0.15, 0.2) is 54.6 Å². The summed E-state index contributed by atoms with van der Waals surface area (Å²) in [6.07, 6.45) is -1.67. The summed E-state index contributed by atoms with van der Waals surface area (Å²) in [5, 5.41) is 10.5. The smallest absolute Gasteiger partial charge is 0.296 e. The van der Waals surface area contributed by atoms with Crippen molar-refractivity contribution in [3.63, 3.8) is 0 Å². The maximum atomic E-state index is 9.94. The van der Waals surface area contributed by atoms with E-state index in [-0.39, 0.29) is 30.3 Å². The molecule has 4 aromatic rings. The van der Waals surface area contributed by atoms with Crippen molar-refractivity contribution >= 4 is 22.8 Å². The van der Waals surface area contributed by atoms with Crippen molar-refractivity contribution in [3.8, 4) is 28.4 Å². The number of halogens is 1. The average Bonchev–Trinajstić information content (AvgIpc) is 3.59. The van der Waals surface area contributed by atoms with Crippen LogP contribution < -0.4 is 4.74 Å². The second kappa shape index (κ2) is 8.79. The van der Waals surface area contributed by atoms with Gasteiger partial charge in [-0.25, -0.2) is 4.98 Å². The minimum atomic E-state index is -0.631. The summed E-state index contributed by atoms with van der Waals surface area (Å²) in [4.78, 5) is 12.3. The number of hydrogen-bond acceptors (Lipinski definition) is 7. The van der Waals surface area contributed by atoms with Crippen LogP contribution in [-0.2, 0) is 19.6 Å². The SMILES string of the molecule is CC1(c2ccc(-c3ccc(-c4nc5nc(O[C@@H]6CO[C@H]7[C@@H]6OC[C@H]7O)[nH]c5cc4Cl)cc3)cc2)COC1. The van der Waals surface area contributed by atoms with Gasteiger partial charge in [0.2, 0.25) is 0 Å². The highest BCUT2D eigenvalue weighted by molar-refractivity contribution is 6.33. The summed E-state index contributed by atoms with van der Waals surface area (Å²) < 4.78 is 22.7. The van der Waals surface area contributed by atoms with Gasteiger partial charge in [-0.2, -0.15) is 4.98 Å². The quantitative estimate of drug-likeness (QED) is 0.409. The molecule has 2 aromatic heterocycles. The minimum Gasteiger partial charge on any atom is -0.456 e. The molecule has 9 heteroatoms. The summed E-state index contributed by atoms with van der Waals surface area (Å²) in [6.45, 7) is 4.35. The third kappa shape index (κ3) is 4.00. The number of ether oxygens (including phenoxy) is 4. The molecule has 2 aromatic carbocycles. The Morgan fingerprint density at radius 3 is 2.32 bits per heavy atom. The highest BCUT2D eigenvalue weighted by Gasteiger charge is 2.48. The van der Waals surface area contributed by atoms with E-state index < -0.39 is 6.10 Å². The molecular weight excluding hydrogens is 494 g/mol. The van der Waals surface area contributed by atoms with Crippen LogP contribution in [0.25, 0.3) is 33.5 Å². The van der Waals surface area contributed by atoms with Gasteiger partial charge in [-0.15, -0.1) is 0 Å². The largest absolute Gasteiger partial charge is 0.456 e. The third-order valence-corrected chi connectivity index (χ3v) is 7.85. The van der Waals surface area contributed by atoms with Crippen molar-refractivity contribution in [2.24, 2.45) is 0 Å². The number of fused-ring (bicyclic) bond motifs is 2. The summed E-state index contributed by atoms with van der Waals surface area (Å²) >= 11 is 6.61. The lowest BCUT2D eigenvalue weighted by Gasteiger charge is -2.38. The van der Waals surface area contributed by atoms with Gasteiger partial charge in [0.1, 0.15) is 18.3 Å². The molecule has 3 fully saturated rings. The number of aliphatic hydroxyl groups is 1. The molecule has 3 aliphatic rings. The molecule has 0 amide bonds. The van der Waals surface area contributed by atoms with Gasteiger partial charge < -0.3 is 29.0 Å². The Labute approximate surface area is 218 Å². The number of hydrogen-bond donors (Lipinski definition) is 2. The molecule has 8 nitrogen and oxygen atoms in total. The molecule has 0 saturated carbocycles. The normalized spacial score (nSPS) is 26.2.